The first-order valence-electron chi connectivity index (χ1n) is 11.6. The van der Waals surface area contributed by atoms with Crippen molar-refractivity contribution in [3.8, 4) is 11.1 Å². The minimum absolute atomic E-state index is 0.0240. The molecule has 0 saturated heterocycles. The maximum absolute atomic E-state index is 12.5. The third-order valence-electron chi connectivity index (χ3n) is 6.12. The van der Waals surface area contributed by atoms with Crippen molar-refractivity contribution in [2.24, 2.45) is 0 Å². The number of hydrogen-bond acceptors (Lipinski definition) is 5. The topological polar surface area (TPSA) is 114 Å². The number of methoxy groups -OCH3 is 1. The molecule has 3 N–H and O–H groups in total. The fourth-order valence-corrected chi connectivity index (χ4v) is 4.25. The number of carboxylic acids is 1. The Hall–Kier alpha value is -3.39. The summed E-state index contributed by atoms with van der Waals surface area (Å²) in [7, 11) is 1.47. The number of alkyl carbamates (subject to hydrolysis) is 1. The molecule has 182 valence electrons. The number of hydrogen-bond donors (Lipinski definition) is 3. The van der Waals surface area contributed by atoms with Crippen LogP contribution in [0.5, 0.6) is 0 Å². The van der Waals surface area contributed by atoms with Crippen molar-refractivity contribution in [1.29, 1.82) is 0 Å². The van der Waals surface area contributed by atoms with E-state index >= 15 is 0 Å². The van der Waals surface area contributed by atoms with E-state index in [0.717, 1.165) is 22.3 Å². The molecule has 8 heteroatoms. The summed E-state index contributed by atoms with van der Waals surface area (Å²) in [4.78, 5) is 36.0. The number of rotatable bonds is 12. The van der Waals surface area contributed by atoms with Gasteiger partial charge in [0.1, 0.15) is 12.6 Å². The van der Waals surface area contributed by atoms with Gasteiger partial charge in [-0.2, -0.15) is 0 Å². The molecular formula is C26H32N2O6. The minimum Gasteiger partial charge on any atom is -0.480 e. The standard InChI is InChI=1S/C26H32N2O6/c1-3-17(12-13-24(29)28-23(25(30)31)14-15-33-2)27-26(32)34-16-22-20-10-6-4-8-18(20)19-9-5-7-11-21(19)22/h4-11,17,22-23H,3,12-16H2,1-2H3,(H,27,32)(H,28,29)(H,30,31). The molecule has 0 radical (unpaired) electrons. The summed E-state index contributed by atoms with van der Waals surface area (Å²) in [6.07, 6.45) is 0.746. The second kappa shape index (κ2) is 12.2. The van der Waals surface area contributed by atoms with Crippen molar-refractivity contribution in [2.45, 2.75) is 50.6 Å². The Morgan fingerprint density at radius 3 is 2.15 bits per heavy atom. The predicted molar refractivity (Wildman–Crippen MR) is 128 cm³/mol. The lowest BCUT2D eigenvalue weighted by atomic mass is 9.98. The highest BCUT2D eigenvalue weighted by atomic mass is 16.5. The zero-order valence-electron chi connectivity index (χ0n) is 19.6. The average molecular weight is 469 g/mol. The van der Waals surface area contributed by atoms with Gasteiger partial charge in [0.2, 0.25) is 5.91 Å². The molecule has 2 unspecified atom stereocenters. The SMILES string of the molecule is CCC(CCC(=O)NC(CCOC)C(=O)O)NC(=O)OCC1c2ccccc2-c2ccccc21. The summed E-state index contributed by atoms with van der Waals surface area (Å²) < 4.78 is 10.5. The molecule has 0 saturated carbocycles. The zero-order chi connectivity index (χ0) is 24.5. The lowest BCUT2D eigenvalue weighted by molar-refractivity contribution is -0.142. The van der Waals surface area contributed by atoms with Crippen LogP contribution in [-0.4, -0.2) is 55.5 Å². The molecule has 8 nitrogen and oxygen atoms in total. The van der Waals surface area contributed by atoms with Crippen LogP contribution in [0, 0.1) is 0 Å². The summed E-state index contributed by atoms with van der Waals surface area (Å²) in [5, 5.41) is 14.5. The number of amides is 2. The predicted octanol–water partition coefficient (Wildman–Crippen LogP) is 3.69. The van der Waals surface area contributed by atoms with Crippen LogP contribution in [0.1, 0.15) is 49.7 Å². The van der Waals surface area contributed by atoms with Crippen molar-refractivity contribution < 1.29 is 29.0 Å². The van der Waals surface area contributed by atoms with Crippen LogP contribution >= 0.6 is 0 Å². The molecule has 2 atom stereocenters. The van der Waals surface area contributed by atoms with Crippen molar-refractivity contribution in [2.75, 3.05) is 20.3 Å². The average Bonchev–Trinajstić information content (AvgIpc) is 3.16. The summed E-state index contributed by atoms with van der Waals surface area (Å²) in [6.45, 7) is 2.36. The highest BCUT2D eigenvalue weighted by molar-refractivity contribution is 5.83. The van der Waals surface area contributed by atoms with E-state index < -0.39 is 18.1 Å². The van der Waals surface area contributed by atoms with E-state index in [9.17, 15) is 19.5 Å². The number of ether oxygens (including phenoxy) is 2. The van der Waals surface area contributed by atoms with Crippen molar-refractivity contribution >= 4 is 18.0 Å². The summed E-state index contributed by atoms with van der Waals surface area (Å²) in [5.41, 5.74) is 4.60. The van der Waals surface area contributed by atoms with Gasteiger partial charge in [-0.3, -0.25) is 4.79 Å². The maximum Gasteiger partial charge on any atom is 0.407 e. The van der Waals surface area contributed by atoms with Gasteiger partial charge in [0, 0.05) is 38.5 Å². The zero-order valence-corrected chi connectivity index (χ0v) is 19.6. The Bertz CT molecular complexity index is 963. The monoisotopic (exact) mass is 468 g/mol. The molecule has 0 heterocycles. The van der Waals surface area contributed by atoms with E-state index in [1.165, 1.54) is 7.11 Å². The van der Waals surface area contributed by atoms with Crippen LogP contribution in [-0.2, 0) is 19.1 Å². The van der Waals surface area contributed by atoms with Crippen molar-refractivity contribution in [3.05, 3.63) is 59.7 Å². The molecule has 1 aliphatic carbocycles. The van der Waals surface area contributed by atoms with Crippen LogP contribution in [0.15, 0.2) is 48.5 Å². The maximum atomic E-state index is 12.5. The number of carbonyl (C=O) groups excluding carboxylic acids is 2. The van der Waals surface area contributed by atoms with Crippen molar-refractivity contribution in [3.63, 3.8) is 0 Å². The largest absolute Gasteiger partial charge is 0.480 e. The first kappa shape index (κ1) is 25.2. The van der Waals surface area contributed by atoms with Crippen LogP contribution in [0.4, 0.5) is 4.79 Å². The number of carbonyl (C=O) groups is 3. The lowest BCUT2D eigenvalue weighted by Gasteiger charge is -2.19. The molecule has 0 aliphatic heterocycles. The van der Waals surface area contributed by atoms with Crippen LogP contribution in [0.2, 0.25) is 0 Å². The Kier molecular flexibility index (Phi) is 9.04. The van der Waals surface area contributed by atoms with E-state index in [1.54, 1.807) is 0 Å². The molecule has 2 aromatic rings. The molecule has 1 aliphatic rings. The van der Waals surface area contributed by atoms with E-state index in [4.69, 9.17) is 9.47 Å². The molecule has 2 aromatic carbocycles. The molecule has 2 amide bonds. The fourth-order valence-electron chi connectivity index (χ4n) is 4.25. The Balaban J connectivity index is 1.49. The molecule has 3 rings (SSSR count). The van der Waals surface area contributed by atoms with Gasteiger partial charge in [0.15, 0.2) is 0 Å². The number of aliphatic carboxylic acids is 1. The van der Waals surface area contributed by atoms with E-state index in [2.05, 4.69) is 34.9 Å². The van der Waals surface area contributed by atoms with E-state index in [0.29, 0.717) is 12.8 Å². The second-order valence-electron chi connectivity index (χ2n) is 8.35. The normalized spacial score (nSPS) is 13.9. The first-order valence-corrected chi connectivity index (χ1v) is 11.6. The highest BCUT2D eigenvalue weighted by Gasteiger charge is 2.29. The smallest absolute Gasteiger partial charge is 0.407 e. The number of fused-ring (bicyclic) bond motifs is 3. The third-order valence-corrected chi connectivity index (χ3v) is 6.12. The van der Waals surface area contributed by atoms with Crippen LogP contribution in [0.3, 0.4) is 0 Å². The first-order chi connectivity index (χ1) is 16.4. The molecular weight excluding hydrogens is 436 g/mol. The third kappa shape index (κ3) is 6.35. The van der Waals surface area contributed by atoms with Crippen molar-refractivity contribution in [1.82, 2.24) is 10.6 Å². The van der Waals surface area contributed by atoms with Gasteiger partial charge in [-0.1, -0.05) is 55.5 Å². The number of nitrogens with one attached hydrogen (secondary N) is 2. The number of carboxylic acid groups (broad SMARTS) is 1. The molecule has 0 aromatic heterocycles. The van der Waals surface area contributed by atoms with E-state index in [1.807, 2.05) is 31.2 Å². The highest BCUT2D eigenvalue weighted by Crippen LogP contribution is 2.44. The van der Waals surface area contributed by atoms with Gasteiger partial charge in [-0.25, -0.2) is 9.59 Å². The summed E-state index contributed by atoms with van der Waals surface area (Å²) in [6, 6.07) is 15.0. The molecule has 0 spiro atoms. The fraction of sp³-hybridized carbons (Fsp3) is 0.423. The quantitative estimate of drug-likeness (QED) is 0.438. The molecule has 0 bridgehead atoms. The Morgan fingerprint density at radius 1 is 0.971 bits per heavy atom. The lowest BCUT2D eigenvalue weighted by Crippen LogP contribution is -2.42. The Morgan fingerprint density at radius 2 is 1.59 bits per heavy atom. The van der Waals surface area contributed by atoms with Gasteiger partial charge < -0.3 is 25.2 Å². The van der Waals surface area contributed by atoms with E-state index in [-0.39, 0.29) is 43.9 Å². The summed E-state index contributed by atoms with van der Waals surface area (Å²) in [5.74, 6) is -1.51. The van der Waals surface area contributed by atoms with Crippen LogP contribution < -0.4 is 10.6 Å². The van der Waals surface area contributed by atoms with Gasteiger partial charge in [0.05, 0.1) is 0 Å². The van der Waals surface area contributed by atoms with Crippen LogP contribution in [0.25, 0.3) is 11.1 Å². The summed E-state index contributed by atoms with van der Waals surface area (Å²) >= 11 is 0. The Labute approximate surface area is 199 Å². The van der Waals surface area contributed by atoms with Gasteiger partial charge in [0.25, 0.3) is 0 Å². The van der Waals surface area contributed by atoms with Gasteiger partial charge >= 0.3 is 12.1 Å². The van der Waals surface area contributed by atoms with Gasteiger partial charge in [-0.05, 0) is 35.1 Å². The molecule has 0 fully saturated rings. The second-order valence-corrected chi connectivity index (χ2v) is 8.35. The number of benzene rings is 2. The van der Waals surface area contributed by atoms with Gasteiger partial charge in [-0.15, -0.1) is 0 Å². The molecule has 34 heavy (non-hydrogen) atoms. The minimum atomic E-state index is -1.10.